The molecule has 2 rings (SSSR count). The Balaban J connectivity index is 1.96. The summed E-state index contributed by atoms with van der Waals surface area (Å²) in [6.07, 6.45) is 1.71. The number of ether oxygens (including phenoxy) is 4. The number of hydrazone groups is 1. The molecule has 31 heavy (non-hydrogen) atoms. The SMILES string of the molecule is CCOC(=O)COc1c(I)cc(/C=N\NC(=O)Cc2ccc(OCC)cc2)cc1OC. The first-order chi connectivity index (χ1) is 15.0. The molecule has 1 amide bonds. The van der Waals surface area contributed by atoms with Crippen LogP contribution in [-0.2, 0) is 20.7 Å². The number of carbonyl (C=O) groups excluding carboxylic acids is 2. The normalized spacial score (nSPS) is 10.6. The number of hydrogen-bond donors (Lipinski definition) is 1. The summed E-state index contributed by atoms with van der Waals surface area (Å²) in [4.78, 5) is 23.6. The number of nitrogens with zero attached hydrogens (tertiary/aromatic N) is 1. The van der Waals surface area contributed by atoms with Crippen molar-refractivity contribution in [2.24, 2.45) is 5.10 Å². The molecule has 9 heteroatoms. The summed E-state index contributed by atoms with van der Waals surface area (Å²) >= 11 is 2.08. The monoisotopic (exact) mass is 540 g/mol. The molecule has 0 saturated carbocycles. The van der Waals surface area contributed by atoms with Gasteiger partial charge in [-0.1, -0.05) is 12.1 Å². The number of carbonyl (C=O) groups is 2. The van der Waals surface area contributed by atoms with Crippen LogP contribution < -0.4 is 19.6 Å². The van der Waals surface area contributed by atoms with Crippen molar-refractivity contribution in [1.29, 1.82) is 0 Å². The molecule has 0 aliphatic rings. The lowest BCUT2D eigenvalue weighted by Gasteiger charge is -2.13. The van der Waals surface area contributed by atoms with Gasteiger partial charge in [-0.05, 0) is 71.8 Å². The highest BCUT2D eigenvalue weighted by Crippen LogP contribution is 2.33. The Morgan fingerprint density at radius 3 is 2.48 bits per heavy atom. The molecule has 1 N–H and O–H groups in total. The second kappa shape index (κ2) is 12.8. The lowest BCUT2D eigenvalue weighted by molar-refractivity contribution is -0.145. The van der Waals surface area contributed by atoms with E-state index >= 15 is 0 Å². The molecule has 0 spiro atoms. The van der Waals surface area contributed by atoms with Crippen LogP contribution >= 0.6 is 22.6 Å². The number of halogens is 1. The van der Waals surface area contributed by atoms with Gasteiger partial charge in [0, 0.05) is 0 Å². The smallest absolute Gasteiger partial charge is 0.344 e. The predicted octanol–water partition coefficient (Wildman–Crippen LogP) is 3.33. The van der Waals surface area contributed by atoms with Gasteiger partial charge in [-0.2, -0.15) is 5.10 Å². The lowest BCUT2D eigenvalue weighted by atomic mass is 10.1. The van der Waals surface area contributed by atoms with Crippen molar-refractivity contribution in [3.63, 3.8) is 0 Å². The third-order valence-electron chi connectivity index (χ3n) is 3.89. The third-order valence-corrected chi connectivity index (χ3v) is 4.69. The van der Waals surface area contributed by atoms with Crippen molar-refractivity contribution in [1.82, 2.24) is 5.43 Å². The summed E-state index contributed by atoms with van der Waals surface area (Å²) in [6, 6.07) is 10.8. The molecule has 0 aliphatic heterocycles. The molecule has 2 aromatic rings. The van der Waals surface area contributed by atoms with Crippen LogP contribution in [0, 0.1) is 3.57 Å². The van der Waals surface area contributed by atoms with Crippen LogP contribution in [0.2, 0.25) is 0 Å². The van der Waals surface area contributed by atoms with Crippen molar-refractivity contribution in [2.75, 3.05) is 26.9 Å². The van der Waals surface area contributed by atoms with Gasteiger partial charge in [0.2, 0.25) is 5.91 Å². The minimum atomic E-state index is -0.457. The van der Waals surface area contributed by atoms with Crippen LogP contribution in [0.3, 0.4) is 0 Å². The van der Waals surface area contributed by atoms with Crippen molar-refractivity contribution < 1.29 is 28.5 Å². The number of nitrogens with one attached hydrogen (secondary N) is 1. The zero-order chi connectivity index (χ0) is 22.6. The zero-order valence-electron chi connectivity index (χ0n) is 17.6. The highest BCUT2D eigenvalue weighted by molar-refractivity contribution is 14.1. The Morgan fingerprint density at radius 2 is 1.84 bits per heavy atom. The summed E-state index contributed by atoms with van der Waals surface area (Å²) in [5.41, 5.74) is 4.07. The van der Waals surface area contributed by atoms with Crippen LogP contribution in [0.25, 0.3) is 0 Å². The third kappa shape index (κ3) is 8.08. The van der Waals surface area contributed by atoms with Crippen molar-refractivity contribution in [2.45, 2.75) is 20.3 Å². The van der Waals surface area contributed by atoms with Crippen LogP contribution in [0.5, 0.6) is 17.2 Å². The molecular formula is C22H25IN2O6. The van der Waals surface area contributed by atoms with Gasteiger partial charge in [-0.25, -0.2) is 10.2 Å². The number of esters is 1. The van der Waals surface area contributed by atoms with Gasteiger partial charge in [0.15, 0.2) is 18.1 Å². The molecule has 0 aromatic heterocycles. The Bertz CT molecular complexity index is 915. The summed E-state index contributed by atoms with van der Waals surface area (Å²) in [7, 11) is 1.50. The fraction of sp³-hybridized carbons (Fsp3) is 0.318. The molecule has 0 radical (unpaired) electrons. The molecule has 166 valence electrons. The topological polar surface area (TPSA) is 95.5 Å². The summed E-state index contributed by atoms with van der Waals surface area (Å²) in [6.45, 7) is 4.31. The highest BCUT2D eigenvalue weighted by Gasteiger charge is 2.13. The summed E-state index contributed by atoms with van der Waals surface area (Å²) in [5, 5.41) is 4.01. The van der Waals surface area contributed by atoms with Gasteiger partial charge < -0.3 is 18.9 Å². The van der Waals surface area contributed by atoms with E-state index in [0.29, 0.717) is 23.7 Å². The lowest BCUT2D eigenvalue weighted by Crippen LogP contribution is -2.19. The average molecular weight is 540 g/mol. The van der Waals surface area contributed by atoms with E-state index in [-0.39, 0.29) is 25.5 Å². The number of methoxy groups -OCH3 is 1. The number of benzene rings is 2. The van der Waals surface area contributed by atoms with Gasteiger partial charge in [0.1, 0.15) is 5.75 Å². The van der Waals surface area contributed by atoms with Gasteiger partial charge in [-0.15, -0.1) is 0 Å². The van der Waals surface area contributed by atoms with E-state index in [9.17, 15) is 9.59 Å². The van der Waals surface area contributed by atoms with Crippen molar-refractivity contribution >= 4 is 40.7 Å². The zero-order valence-corrected chi connectivity index (χ0v) is 19.8. The highest BCUT2D eigenvalue weighted by atomic mass is 127. The van der Waals surface area contributed by atoms with E-state index in [1.807, 2.05) is 31.2 Å². The first-order valence-corrected chi connectivity index (χ1v) is 10.7. The van der Waals surface area contributed by atoms with Gasteiger partial charge in [0.05, 0.1) is 36.5 Å². The standard InChI is InChI=1S/C22H25IN2O6/c1-4-29-17-8-6-15(7-9-17)12-20(26)25-24-13-16-10-18(23)22(19(11-16)28-3)31-14-21(27)30-5-2/h6-11,13H,4-5,12,14H2,1-3H3,(H,25,26)/b24-13-. The Labute approximate surface area is 195 Å². The quantitative estimate of drug-likeness (QED) is 0.203. The van der Waals surface area contributed by atoms with Crippen molar-refractivity contribution in [3.05, 3.63) is 51.1 Å². The van der Waals surface area contributed by atoms with Gasteiger partial charge >= 0.3 is 5.97 Å². The molecule has 8 nitrogen and oxygen atoms in total. The van der Waals surface area contributed by atoms with Crippen LogP contribution in [0.4, 0.5) is 0 Å². The maximum atomic E-state index is 12.1. The Morgan fingerprint density at radius 1 is 1.10 bits per heavy atom. The molecule has 0 saturated heterocycles. The van der Waals surface area contributed by atoms with E-state index in [1.54, 1.807) is 19.1 Å². The average Bonchev–Trinajstić information content (AvgIpc) is 2.74. The van der Waals surface area contributed by atoms with Gasteiger partial charge in [-0.3, -0.25) is 4.79 Å². The fourth-order valence-corrected chi connectivity index (χ4v) is 3.34. The molecule has 0 atom stereocenters. The van der Waals surface area contributed by atoms with Crippen LogP contribution in [0.15, 0.2) is 41.5 Å². The molecule has 0 fully saturated rings. The van der Waals surface area contributed by atoms with Crippen molar-refractivity contribution in [3.8, 4) is 17.2 Å². The van der Waals surface area contributed by atoms with Crippen LogP contribution in [-0.4, -0.2) is 45.0 Å². The second-order valence-electron chi connectivity index (χ2n) is 6.17. The number of rotatable bonds is 11. The van der Waals surface area contributed by atoms with E-state index < -0.39 is 5.97 Å². The molecular weight excluding hydrogens is 515 g/mol. The number of hydrogen-bond acceptors (Lipinski definition) is 7. The minimum absolute atomic E-state index is 0.200. The largest absolute Gasteiger partial charge is 0.494 e. The summed E-state index contributed by atoms with van der Waals surface area (Å²) in [5.74, 6) is 0.951. The first-order valence-electron chi connectivity index (χ1n) is 9.66. The Hall–Kier alpha value is -2.82. The van der Waals surface area contributed by atoms with Crippen LogP contribution in [0.1, 0.15) is 25.0 Å². The molecule has 0 aliphatic carbocycles. The second-order valence-corrected chi connectivity index (χ2v) is 7.34. The maximum Gasteiger partial charge on any atom is 0.344 e. The molecule has 2 aromatic carbocycles. The first kappa shape index (κ1) is 24.4. The van der Waals surface area contributed by atoms with E-state index in [4.69, 9.17) is 18.9 Å². The summed E-state index contributed by atoms with van der Waals surface area (Å²) < 4.78 is 21.9. The Kier molecular flexibility index (Phi) is 10.1. The van der Waals surface area contributed by atoms with E-state index in [1.165, 1.54) is 13.3 Å². The maximum absolute atomic E-state index is 12.1. The van der Waals surface area contributed by atoms with E-state index in [2.05, 4.69) is 33.1 Å². The molecule has 0 heterocycles. The number of amides is 1. The predicted molar refractivity (Wildman–Crippen MR) is 125 cm³/mol. The molecule has 0 unspecified atom stereocenters. The fourth-order valence-electron chi connectivity index (χ4n) is 2.56. The molecule has 0 bridgehead atoms. The minimum Gasteiger partial charge on any atom is -0.494 e. The van der Waals surface area contributed by atoms with E-state index in [0.717, 1.165) is 14.9 Å². The van der Waals surface area contributed by atoms with Gasteiger partial charge in [0.25, 0.3) is 0 Å².